The average Bonchev–Trinajstić information content (AvgIpc) is 3.23. The van der Waals surface area contributed by atoms with Crippen LogP contribution in [0.25, 0.3) is 0 Å². The summed E-state index contributed by atoms with van der Waals surface area (Å²) in [6.07, 6.45) is 8.22. The molecule has 0 bridgehead atoms. The summed E-state index contributed by atoms with van der Waals surface area (Å²) in [5.41, 5.74) is 2.43. The van der Waals surface area contributed by atoms with Crippen LogP contribution in [0, 0.1) is 11.8 Å². The number of nitrogens with zero attached hydrogens (tertiary/aromatic N) is 2. The van der Waals surface area contributed by atoms with Gasteiger partial charge in [0.25, 0.3) is 0 Å². The van der Waals surface area contributed by atoms with E-state index in [4.69, 9.17) is 0 Å². The predicted octanol–water partition coefficient (Wildman–Crippen LogP) is 3.78. The Morgan fingerprint density at radius 3 is 2.37 bits per heavy atom. The Kier molecular flexibility index (Phi) is 5.51. The normalized spacial score (nSPS) is 28.1. The standard InChI is InChI=1S/C23H32N2O2/c1-17-8-10-18(11-9-17)14-22(26)25-16-20-7-3-2-6-19(20)15-21(25)23(27)24-12-4-5-13-24/h2-3,6-7,17-18,21H,4-5,8-16H2,1H3/t17?,18?,21-/m0/s1. The van der Waals surface area contributed by atoms with E-state index in [1.807, 2.05) is 21.9 Å². The summed E-state index contributed by atoms with van der Waals surface area (Å²) in [6.45, 7) is 4.59. The number of hydrogen-bond donors (Lipinski definition) is 0. The summed E-state index contributed by atoms with van der Waals surface area (Å²) in [6, 6.07) is 7.98. The maximum Gasteiger partial charge on any atom is 0.245 e. The number of likely N-dealkylation sites (tertiary alicyclic amines) is 1. The van der Waals surface area contributed by atoms with Crippen LogP contribution in [0.5, 0.6) is 0 Å². The molecule has 1 aliphatic carbocycles. The highest BCUT2D eigenvalue weighted by Gasteiger charge is 2.38. The third-order valence-electron chi connectivity index (χ3n) is 6.87. The lowest BCUT2D eigenvalue weighted by atomic mass is 9.81. The quantitative estimate of drug-likeness (QED) is 0.815. The summed E-state index contributed by atoms with van der Waals surface area (Å²) in [7, 11) is 0. The molecular weight excluding hydrogens is 336 g/mol. The van der Waals surface area contributed by atoms with Gasteiger partial charge in [0.1, 0.15) is 6.04 Å². The molecule has 0 radical (unpaired) electrons. The lowest BCUT2D eigenvalue weighted by Crippen LogP contribution is -2.53. The van der Waals surface area contributed by atoms with Gasteiger partial charge in [0, 0.05) is 32.5 Å². The summed E-state index contributed by atoms with van der Waals surface area (Å²) in [5.74, 6) is 1.63. The number of carbonyl (C=O) groups is 2. The Morgan fingerprint density at radius 2 is 1.67 bits per heavy atom. The molecule has 0 N–H and O–H groups in total. The van der Waals surface area contributed by atoms with Gasteiger partial charge in [-0.05, 0) is 48.6 Å². The monoisotopic (exact) mass is 368 g/mol. The fourth-order valence-electron chi connectivity index (χ4n) is 5.05. The third-order valence-corrected chi connectivity index (χ3v) is 6.87. The fourth-order valence-corrected chi connectivity index (χ4v) is 5.05. The third kappa shape index (κ3) is 4.04. The molecule has 146 valence electrons. The Balaban J connectivity index is 1.51. The van der Waals surface area contributed by atoms with Crippen molar-refractivity contribution in [1.82, 2.24) is 9.80 Å². The van der Waals surface area contributed by atoms with Gasteiger partial charge in [0.2, 0.25) is 11.8 Å². The molecule has 1 aromatic rings. The Labute approximate surface area is 162 Å². The molecule has 2 fully saturated rings. The minimum absolute atomic E-state index is 0.160. The molecule has 1 atom stereocenters. The molecule has 0 spiro atoms. The van der Waals surface area contributed by atoms with Crippen molar-refractivity contribution in [2.24, 2.45) is 11.8 Å². The maximum absolute atomic E-state index is 13.2. The minimum atomic E-state index is -0.312. The van der Waals surface area contributed by atoms with Crippen LogP contribution >= 0.6 is 0 Å². The van der Waals surface area contributed by atoms with Crippen molar-refractivity contribution in [3.8, 4) is 0 Å². The smallest absolute Gasteiger partial charge is 0.245 e. The van der Waals surface area contributed by atoms with E-state index in [-0.39, 0.29) is 17.9 Å². The summed E-state index contributed by atoms with van der Waals surface area (Å²) in [5, 5.41) is 0. The van der Waals surface area contributed by atoms with E-state index >= 15 is 0 Å². The van der Waals surface area contributed by atoms with E-state index in [1.165, 1.54) is 24.0 Å². The van der Waals surface area contributed by atoms with Crippen molar-refractivity contribution >= 4 is 11.8 Å². The fraction of sp³-hybridized carbons (Fsp3) is 0.652. The second-order valence-electron chi connectivity index (χ2n) is 8.87. The lowest BCUT2D eigenvalue weighted by molar-refractivity contribution is -0.147. The van der Waals surface area contributed by atoms with Crippen LogP contribution in [0.1, 0.15) is 63.0 Å². The number of fused-ring (bicyclic) bond motifs is 1. The predicted molar refractivity (Wildman–Crippen MR) is 106 cm³/mol. The summed E-state index contributed by atoms with van der Waals surface area (Å²) >= 11 is 0. The van der Waals surface area contributed by atoms with Crippen LogP contribution in [0.15, 0.2) is 24.3 Å². The van der Waals surface area contributed by atoms with E-state index in [1.54, 1.807) is 0 Å². The second kappa shape index (κ2) is 8.04. The highest BCUT2D eigenvalue weighted by Crippen LogP contribution is 2.32. The number of rotatable bonds is 3. The van der Waals surface area contributed by atoms with Gasteiger partial charge in [-0.3, -0.25) is 9.59 Å². The van der Waals surface area contributed by atoms with E-state index in [2.05, 4.69) is 19.1 Å². The van der Waals surface area contributed by atoms with Gasteiger partial charge < -0.3 is 9.80 Å². The van der Waals surface area contributed by atoms with Crippen molar-refractivity contribution < 1.29 is 9.59 Å². The molecular formula is C23H32N2O2. The summed E-state index contributed by atoms with van der Waals surface area (Å²) in [4.78, 5) is 30.3. The molecule has 2 aliphatic heterocycles. The molecule has 3 aliphatic rings. The first-order chi connectivity index (χ1) is 13.1. The highest BCUT2D eigenvalue weighted by atomic mass is 16.2. The van der Waals surface area contributed by atoms with Gasteiger partial charge in [0.15, 0.2) is 0 Å². The number of hydrogen-bond acceptors (Lipinski definition) is 2. The highest BCUT2D eigenvalue weighted by molar-refractivity contribution is 5.88. The topological polar surface area (TPSA) is 40.6 Å². The summed E-state index contributed by atoms with van der Waals surface area (Å²) < 4.78 is 0. The number of carbonyl (C=O) groups excluding carboxylic acids is 2. The first-order valence-electron chi connectivity index (χ1n) is 10.8. The van der Waals surface area contributed by atoms with Crippen molar-refractivity contribution in [2.75, 3.05) is 13.1 Å². The second-order valence-corrected chi connectivity index (χ2v) is 8.87. The first-order valence-corrected chi connectivity index (χ1v) is 10.8. The first kappa shape index (κ1) is 18.5. The zero-order valence-electron chi connectivity index (χ0n) is 16.5. The van der Waals surface area contributed by atoms with Crippen LogP contribution in [0.4, 0.5) is 0 Å². The SMILES string of the molecule is CC1CCC(CC(=O)N2Cc3ccccc3C[C@H]2C(=O)N2CCCC2)CC1. The van der Waals surface area contributed by atoms with Crippen molar-refractivity contribution in [3.05, 3.63) is 35.4 Å². The average molecular weight is 369 g/mol. The van der Waals surface area contributed by atoms with E-state index < -0.39 is 0 Å². The van der Waals surface area contributed by atoms with E-state index in [9.17, 15) is 9.59 Å². The van der Waals surface area contributed by atoms with Gasteiger partial charge in [-0.15, -0.1) is 0 Å². The van der Waals surface area contributed by atoms with Crippen LogP contribution in [-0.2, 0) is 22.6 Å². The molecule has 4 nitrogen and oxygen atoms in total. The molecule has 2 heterocycles. The number of benzene rings is 1. The molecule has 1 saturated heterocycles. The molecule has 0 aromatic heterocycles. The van der Waals surface area contributed by atoms with Gasteiger partial charge >= 0.3 is 0 Å². The Hall–Kier alpha value is -1.84. The van der Waals surface area contributed by atoms with Crippen molar-refractivity contribution in [1.29, 1.82) is 0 Å². The Bertz CT molecular complexity index is 687. The van der Waals surface area contributed by atoms with Gasteiger partial charge in [0.05, 0.1) is 0 Å². The number of amides is 2. The largest absolute Gasteiger partial charge is 0.341 e. The maximum atomic E-state index is 13.2. The van der Waals surface area contributed by atoms with Crippen LogP contribution in [0.2, 0.25) is 0 Å². The van der Waals surface area contributed by atoms with Crippen LogP contribution < -0.4 is 0 Å². The lowest BCUT2D eigenvalue weighted by Gasteiger charge is -2.39. The van der Waals surface area contributed by atoms with Gasteiger partial charge in [-0.1, -0.05) is 44.0 Å². The molecule has 2 amide bonds. The van der Waals surface area contributed by atoms with Crippen LogP contribution in [-0.4, -0.2) is 40.7 Å². The van der Waals surface area contributed by atoms with Gasteiger partial charge in [-0.25, -0.2) is 0 Å². The van der Waals surface area contributed by atoms with E-state index in [0.29, 0.717) is 25.3 Å². The zero-order valence-corrected chi connectivity index (χ0v) is 16.5. The van der Waals surface area contributed by atoms with Crippen molar-refractivity contribution in [2.45, 2.75) is 70.9 Å². The Morgan fingerprint density at radius 1 is 1.00 bits per heavy atom. The molecule has 1 aromatic carbocycles. The molecule has 1 saturated carbocycles. The van der Waals surface area contributed by atoms with Crippen LogP contribution in [0.3, 0.4) is 0 Å². The zero-order chi connectivity index (χ0) is 18.8. The van der Waals surface area contributed by atoms with E-state index in [0.717, 1.165) is 44.7 Å². The van der Waals surface area contributed by atoms with Gasteiger partial charge in [-0.2, -0.15) is 0 Å². The molecule has 4 heteroatoms. The minimum Gasteiger partial charge on any atom is -0.341 e. The van der Waals surface area contributed by atoms with Crippen molar-refractivity contribution in [3.63, 3.8) is 0 Å². The molecule has 4 rings (SSSR count). The molecule has 0 unspecified atom stereocenters. The molecule has 27 heavy (non-hydrogen) atoms.